The molecule has 5 nitrogen and oxygen atoms in total. The van der Waals surface area contributed by atoms with Crippen molar-refractivity contribution in [3.8, 4) is 0 Å². The highest BCUT2D eigenvalue weighted by atomic mass is 32.1. The van der Waals surface area contributed by atoms with E-state index in [9.17, 15) is 14.0 Å². The smallest absolute Gasteiger partial charge is 0.262 e. The summed E-state index contributed by atoms with van der Waals surface area (Å²) in [6, 6.07) is 16.1. The lowest BCUT2D eigenvalue weighted by molar-refractivity contribution is -0.118. The summed E-state index contributed by atoms with van der Waals surface area (Å²) in [5.41, 5.74) is 2.20. The number of hydrogen-bond acceptors (Lipinski definition) is 3. The van der Waals surface area contributed by atoms with Crippen molar-refractivity contribution in [3.63, 3.8) is 0 Å². The number of amides is 2. The summed E-state index contributed by atoms with van der Waals surface area (Å²) in [6.07, 6.45) is 2.13. The van der Waals surface area contributed by atoms with Crippen LogP contribution in [0.25, 0.3) is 10.9 Å². The van der Waals surface area contributed by atoms with Gasteiger partial charge < -0.3 is 15.6 Å². The van der Waals surface area contributed by atoms with Gasteiger partial charge in [0.25, 0.3) is 5.91 Å². The van der Waals surface area contributed by atoms with Gasteiger partial charge in [0.2, 0.25) is 5.91 Å². The van der Waals surface area contributed by atoms with Crippen molar-refractivity contribution in [2.75, 3.05) is 5.32 Å². The number of carbonyl (C=O) groups excluding carboxylic acids is 2. The van der Waals surface area contributed by atoms with E-state index >= 15 is 0 Å². The van der Waals surface area contributed by atoms with E-state index < -0.39 is 17.8 Å². The minimum absolute atomic E-state index is 0.294. The molecule has 2 heterocycles. The number of aromatic amines is 1. The lowest BCUT2D eigenvalue weighted by atomic mass is 10.0. The molecule has 3 N–H and O–H groups in total. The number of H-pyrrole nitrogens is 1. The van der Waals surface area contributed by atoms with Crippen molar-refractivity contribution in [2.24, 2.45) is 0 Å². The maximum Gasteiger partial charge on any atom is 0.262 e. The molecule has 0 aliphatic heterocycles. The van der Waals surface area contributed by atoms with Crippen LogP contribution in [0.4, 0.5) is 10.1 Å². The number of thiophene rings is 1. The minimum atomic E-state index is -0.827. The van der Waals surface area contributed by atoms with Gasteiger partial charge in [-0.3, -0.25) is 9.59 Å². The quantitative estimate of drug-likeness (QED) is 0.445. The second kappa shape index (κ2) is 8.28. The van der Waals surface area contributed by atoms with Gasteiger partial charge >= 0.3 is 0 Å². The van der Waals surface area contributed by atoms with Crippen LogP contribution in [0, 0.1) is 5.82 Å². The molecule has 146 valence electrons. The summed E-state index contributed by atoms with van der Waals surface area (Å²) < 4.78 is 13.5. The summed E-state index contributed by atoms with van der Waals surface area (Å²) in [6.45, 7) is 0. The fraction of sp³-hybridized carbons (Fsp3) is 0.0909. The Morgan fingerprint density at radius 3 is 2.72 bits per heavy atom. The molecule has 0 aliphatic rings. The number of para-hydroxylation sites is 1. The van der Waals surface area contributed by atoms with E-state index in [1.54, 1.807) is 23.6 Å². The average Bonchev–Trinajstić information content (AvgIpc) is 3.38. The maximum atomic E-state index is 13.5. The summed E-state index contributed by atoms with van der Waals surface area (Å²) in [7, 11) is 0. The highest BCUT2D eigenvalue weighted by molar-refractivity contribution is 7.12. The Hall–Kier alpha value is -3.45. The normalized spacial score (nSPS) is 11.9. The molecule has 2 aromatic heterocycles. The van der Waals surface area contributed by atoms with E-state index in [-0.39, 0.29) is 5.91 Å². The van der Waals surface area contributed by atoms with Crippen LogP contribution in [0.3, 0.4) is 0 Å². The largest absolute Gasteiger partial charge is 0.361 e. The Balaban J connectivity index is 1.59. The fourth-order valence-electron chi connectivity index (χ4n) is 3.16. The van der Waals surface area contributed by atoms with Gasteiger partial charge in [0, 0.05) is 29.2 Å². The van der Waals surface area contributed by atoms with Crippen LogP contribution in [0.5, 0.6) is 0 Å². The number of hydrogen-bond donors (Lipinski definition) is 3. The van der Waals surface area contributed by atoms with Gasteiger partial charge in [0.15, 0.2) is 0 Å². The lowest BCUT2D eigenvalue weighted by Gasteiger charge is -2.18. The van der Waals surface area contributed by atoms with Crippen molar-refractivity contribution in [1.82, 2.24) is 10.3 Å². The van der Waals surface area contributed by atoms with Crippen LogP contribution in [-0.4, -0.2) is 22.8 Å². The van der Waals surface area contributed by atoms with E-state index in [0.717, 1.165) is 16.5 Å². The fourth-order valence-corrected chi connectivity index (χ4v) is 3.79. The zero-order valence-electron chi connectivity index (χ0n) is 15.3. The second-order valence-electron chi connectivity index (χ2n) is 6.57. The molecule has 0 bridgehead atoms. The van der Waals surface area contributed by atoms with Gasteiger partial charge in [-0.2, -0.15) is 0 Å². The Kier molecular flexibility index (Phi) is 5.39. The van der Waals surface area contributed by atoms with Gasteiger partial charge in [0.1, 0.15) is 11.9 Å². The highest BCUT2D eigenvalue weighted by Crippen LogP contribution is 2.20. The first-order valence-corrected chi connectivity index (χ1v) is 9.94. The van der Waals surface area contributed by atoms with Gasteiger partial charge in [-0.15, -0.1) is 11.3 Å². The molecule has 7 heteroatoms. The van der Waals surface area contributed by atoms with Gasteiger partial charge in [-0.1, -0.05) is 30.3 Å². The molecule has 29 heavy (non-hydrogen) atoms. The summed E-state index contributed by atoms with van der Waals surface area (Å²) in [5.74, 6) is -1.18. The Morgan fingerprint density at radius 1 is 1.07 bits per heavy atom. The number of fused-ring (bicyclic) bond motifs is 1. The average molecular weight is 407 g/mol. The van der Waals surface area contributed by atoms with Crippen LogP contribution in [0.2, 0.25) is 0 Å². The first-order valence-electron chi connectivity index (χ1n) is 9.06. The number of halogens is 1. The number of carbonyl (C=O) groups is 2. The van der Waals surface area contributed by atoms with E-state index in [1.165, 1.54) is 29.5 Å². The molecule has 0 saturated carbocycles. The van der Waals surface area contributed by atoms with Gasteiger partial charge in [-0.05, 0) is 41.3 Å². The second-order valence-corrected chi connectivity index (χ2v) is 7.51. The Morgan fingerprint density at radius 2 is 1.93 bits per heavy atom. The van der Waals surface area contributed by atoms with Crippen molar-refractivity contribution in [3.05, 3.63) is 88.5 Å². The predicted octanol–water partition coefficient (Wildman–Crippen LogP) is 4.35. The van der Waals surface area contributed by atoms with Crippen molar-refractivity contribution >= 4 is 39.7 Å². The SMILES string of the molecule is O=C(NC(Cc1c[nH]c2ccccc12)C(=O)Nc1cccc(F)c1)c1cccs1. The first kappa shape index (κ1) is 18.9. The third-order valence-electron chi connectivity index (χ3n) is 4.56. The molecule has 0 aliphatic carbocycles. The number of benzene rings is 2. The Bertz CT molecular complexity index is 1150. The topological polar surface area (TPSA) is 74.0 Å². The molecule has 0 spiro atoms. The van der Waals surface area contributed by atoms with Crippen LogP contribution in [-0.2, 0) is 11.2 Å². The molecule has 0 radical (unpaired) electrons. The van der Waals surface area contributed by atoms with Gasteiger partial charge in [0.05, 0.1) is 4.88 Å². The van der Waals surface area contributed by atoms with E-state index in [1.807, 2.05) is 30.5 Å². The zero-order chi connectivity index (χ0) is 20.2. The maximum absolute atomic E-state index is 13.5. The summed E-state index contributed by atoms with van der Waals surface area (Å²) in [5, 5.41) is 8.29. The number of aromatic nitrogens is 1. The van der Waals surface area contributed by atoms with Crippen LogP contribution < -0.4 is 10.6 Å². The lowest BCUT2D eigenvalue weighted by Crippen LogP contribution is -2.45. The molecule has 2 aromatic carbocycles. The predicted molar refractivity (Wildman–Crippen MR) is 113 cm³/mol. The molecule has 1 unspecified atom stereocenters. The molecule has 2 amide bonds. The Labute approximate surface area is 170 Å². The van der Waals surface area contributed by atoms with Crippen LogP contribution >= 0.6 is 11.3 Å². The van der Waals surface area contributed by atoms with Crippen LogP contribution in [0.1, 0.15) is 15.2 Å². The van der Waals surface area contributed by atoms with E-state index in [0.29, 0.717) is 17.0 Å². The standard InChI is InChI=1S/C22H18FN3O2S/c23-15-5-3-6-16(12-15)25-21(27)19(26-22(28)20-9-4-10-29-20)11-14-13-24-18-8-2-1-7-17(14)18/h1-10,12-13,19,24H,11H2,(H,25,27)(H,26,28). The molecular formula is C22H18FN3O2S. The van der Waals surface area contributed by atoms with E-state index in [4.69, 9.17) is 0 Å². The molecule has 4 aromatic rings. The van der Waals surface area contributed by atoms with Crippen molar-refractivity contribution < 1.29 is 14.0 Å². The molecule has 1 atom stereocenters. The highest BCUT2D eigenvalue weighted by Gasteiger charge is 2.24. The number of rotatable bonds is 6. The third kappa shape index (κ3) is 4.35. The third-order valence-corrected chi connectivity index (χ3v) is 5.43. The number of nitrogens with one attached hydrogen (secondary N) is 3. The van der Waals surface area contributed by atoms with Crippen LogP contribution in [0.15, 0.2) is 72.2 Å². The molecular weight excluding hydrogens is 389 g/mol. The van der Waals surface area contributed by atoms with E-state index in [2.05, 4.69) is 15.6 Å². The minimum Gasteiger partial charge on any atom is -0.361 e. The molecule has 0 saturated heterocycles. The van der Waals surface area contributed by atoms with Crippen molar-refractivity contribution in [2.45, 2.75) is 12.5 Å². The zero-order valence-corrected chi connectivity index (χ0v) is 16.1. The molecule has 4 rings (SSSR count). The summed E-state index contributed by atoms with van der Waals surface area (Å²) in [4.78, 5) is 29.2. The van der Waals surface area contributed by atoms with Crippen molar-refractivity contribution in [1.29, 1.82) is 0 Å². The van der Waals surface area contributed by atoms with Gasteiger partial charge in [-0.25, -0.2) is 4.39 Å². The molecule has 0 fully saturated rings. The monoisotopic (exact) mass is 407 g/mol. The first-order chi connectivity index (χ1) is 14.1. The summed E-state index contributed by atoms with van der Waals surface area (Å²) >= 11 is 1.30. The number of anilines is 1.